The van der Waals surface area contributed by atoms with Gasteiger partial charge in [-0.25, -0.2) is 0 Å². The molecule has 2 heterocycles. The van der Waals surface area contributed by atoms with Gasteiger partial charge in [0.15, 0.2) is 10.4 Å². The largest absolute Gasteiger partial charge is 0.444 e. The van der Waals surface area contributed by atoms with Crippen LogP contribution in [0.25, 0.3) is 22.8 Å². The summed E-state index contributed by atoms with van der Waals surface area (Å²) in [6.07, 6.45) is 0. The van der Waals surface area contributed by atoms with Crippen molar-refractivity contribution < 1.29 is 18.7 Å². The summed E-state index contributed by atoms with van der Waals surface area (Å²) in [5, 5.41) is 17.6. The molecule has 2 aromatic carbocycles. The van der Waals surface area contributed by atoms with Gasteiger partial charge in [0.05, 0.1) is 15.5 Å². The van der Waals surface area contributed by atoms with Gasteiger partial charge in [0.25, 0.3) is 17.5 Å². The van der Waals surface area contributed by atoms with Gasteiger partial charge in [-0.1, -0.05) is 16.8 Å². The molecule has 0 bridgehead atoms. The summed E-state index contributed by atoms with van der Waals surface area (Å²) in [6, 6.07) is 13.9. The van der Waals surface area contributed by atoms with Crippen molar-refractivity contribution in [1.82, 2.24) is 10.1 Å². The average Bonchev–Trinajstić information content (AvgIpc) is 3.38. The summed E-state index contributed by atoms with van der Waals surface area (Å²) in [4.78, 5) is 26.7. The molecular weight excluding hydrogens is 480 g/mol. The molecule has 4 rings (SSSR count). The highest BCUT2D eigenvalue weighted by Gasteiger charge is 2.17. The molecule has 0 fully saturated rings. The molecule has 1 N–H and O–H groups in total. The van der Waals surface area contributed by atoms with Gasteiger partial charge in [-0.05, 0) is 58.4 Å². The first-order chi connectivity index (χ1) is 14.4. The number of halogens is 2. The van der Waals surface area contributed by atoms with Gasteiger partial charge in [-0.3, -0.25) is 14.9 Å². The van der Waals surface area contributed by atoms with Crippen LogP contribution in [0.3, 0.4) is 0 Å². The number of hydrogen-bond acceptors (Lipinski definition) is 7. The predicted octanol–water partition coefficient (Wildman–Crippen LogP) is 5.57. The monoisotopic (exact) mass is 488 g/mol. The van der Waals surface area contributed by atoms with Crippen LogP contribution in [0, 0.1) is 10.1 Å². The van der Waals surface area contributed by atoms with Gasteiger partial charge >= 0.3 is 0 Å². The number of nitrogens with zero attached hydrogens (tertiary/aromatic N) is 3. The number of carbonyl (C=O) groups is 1. The minimum absolute atomic E-state index is 0.127. The van der Waals surface area contributed by atoms with Crippen LogP contribution in [-0.4, -0.2) is 21.0 Å². The molecule has 0 radical (unpaired) electrons. The molecule has 4 aromatic rings. The van der Waals surface area contributed by atoms with Crippen LogP contribution in [0.2, 0.25) is 5.02 Å². The smallest absolute Gasteiger partial charge is 0.291 e. The SMILES string of the molecule is O=C(Nc1ccc(-c2noc(-c3ccc([N+](=O)[O-])cc3Cl)n2)cc1)c1ccc(Br)o1. The third-order valence-electron chi connectivity index (χ3n) is 4.02. The fourth-order valence-electron chi connectivity index (χ4n) is 2.57. The van der Waals surface area contributed by atoms with E-state index in [0.717, 1.165) is 0 Å². The number of amides is 1. The molecule has 0 aliphatic heterocycles. The summed E-state index contributed by atoms with van der Waals surface area (Å²) in [5.74, 6) is 0.217. The van der Waals surface area contributed by atoms with Crippen LogP contribution < -0.4 is 5.32 Å². The number of hydrogen-bond donors (Lipinski definition) is 1. The zero-order valence-electron chi connectivity index (χ0n) is 14.8. The number of non-ortho nitro benzene ring substituents is 1. The third-order valence-corrected chi connectivity index (χ3v) is 4.76. The normalized spacial score (nSPS) is 10.7. The van der Waals surface area contributed by atoms with E-state index in [0.29, 0.717) is 27.3 Å². The van der Waals surface area contributed by atoms with Crippen molar-refractivity contribution in [2.45, 2.75) is 0 Å². The van der Waals surface area contributed by atoms with E-state index in [1.165, 1.54) is 18.2 Å². The van der Waals surface area contributed by atoms with E-state index >= 15 is 0 Å². The molecule has 0 unspecified atom stereocenters. The number of nitro benzene ring substituents is 1. The van der Waals surface area contributed by atoms with E-state index in [1.54, 1.807) is 36.4 Å². The second-order valence-corrected chi connectivity index (χ2v) is 7.17. The number of nitro groups is 1. The summed E-state index contributed by atoms with van der Waals surface area (Å²) in [5.41, 5.74) is 1.44. The molecule has 9 nitrogen and oxygen atoms in total. The predicted molar refractivity (Wildman–Crippen MR) is 111 cm³/mol. The van der Waals surface area contributed by atoms with Gasteiger partial charge in [-0.15, -0.1) is 0 Å². The first-order valence-corrected chi connectivity index (χ1v) is 9.53. The molecule has 0 aliphatic rings. The number of rotatable bonds is 5. The molecule has 0 atom stereocenters. The highest BCUT2D eigenvalue weighted by Crippen LogP contribution is 2.31. The fraction of sp³-hybridized carbons (Fsp3) is 0. The standard InChI is InChI=1S/C19H10BrClN4O5/c20-16-8-7-15(29-16)18(26)22-11-3-1-10(2-4-11)17-23-19(30-24-17)13-6-5-12(25(27)28)9-14(13)21/h1-9H,(H,22,26). The number of carbonyl (C=O) groups excluding carboxylic acids is 1. The molecule has 2 aromatic heterocycles. The number of nitrogens with one attached hydrogen (secondary N) is 1. The zero-order chi connectivity index (χ0) is 21.3. The van der Waals surface area contributed by atoms with Gasteiger partial charge in [-0.2, -0.15) is 4.98 Å². The van der Waals surface area contributed by atoms with Crippen molar-refractivity contribution in [3.8, 4) is 22.8 Å². The second kappa shape index (κ2) is 8.09. The Hall–Kier alpha value is -3.50. The van der Waals surface area contributed by atoms with Gasteiger partial charge in [0, 0.05) is 23.4 Å². The lowest BCUT2D eigenvalue weighted by Gasteiger charge is -2.03. The molecule has 0 saturated carbocycles. The minimum atomic E-state index is -0.542. The molecule has 0 aliphatic carbocycles. The second-order valence-electron chi connectivity index (χ2n) is 5.98. The van der Waals surface area contributed by atoms with Crippen LogP contribution >= 0.6 is 27.5 Å². The number of benzene rings is 2. The molecule has 0 saturated heterocycles. The van der Waals surface area contributed by atoms with Crippen LogP contribution in [-0.2, 0) is 0 Å². The highest BCUT2D eigenvalue weighted by atomic mass is 79.9. The van der Waals surface area contributed by atoms with E-state index in [-0.39, 0.29) is 28.3 Å². The minimum Gasteiger partial charge on any atom is -0.444 e. The van der Waals surface area contributed by atoms with E-state index in [1.807, 2.05) is 0 Å². The topological polar surface area (TPSA) is 124 Å². The first kappa shape index (κ1) is 19.8. The maximum Gasteiger partial charge on any atom is 0.291 e. The molecule has 150 valence electrons. The van der Waals surface area contributed by atoms with Crippen LogP contribution in [0.1, 0.15) is 10.6 Å². The Bertz CT molecular complexity index is 1250. The first-order valence-electron chi connectivity index (χ1n) is 8.36. The maximum absolute atomic E-state index is 12.1. The van der Waals surface area contributed by atoms with Crippen molar-refractivity contribution in [2.75, 3.05) is 5.32 Å². The Morgan fingerprint density at radius 3 is 2.53 bits per heavy atom. The van der Waals surface area contributed by atoms with Crippen molar-refractivity contribution in [2.24, 2.45) is 0 Å². The Kier molecular flexibility index (Phi) is 5.34. The Morgan fingerprint density at radius 2 is 1.90 bits per heavy atom. The van der Waals surface area contributed by atoms with Crippen LogP contribution in [0.5, 0.6) is 0 Å². The highest BCUT2D eigenvalue weighted by molar-refractivity contribution is 9.10. The summed E-state index contributed by atoms with van der Waals surface area (Å²) < 4.78 is 10.9. The average molecular weight is 490 g/mol. The third kappa shape index (κ3) is 4.09. The van der Waals surface area contributed by atoms with Crippen molar-refractivity contribution in [1.29, 1.82) is 0 Å². The molecule has 30 heavy (non-hydrogen) atoms. The Morgan fingerprint density at radius 1 is 1.13 bits per heavy atom. The van der Waals surface area contributed by atoms with Gasteiger partial charge in [0.2, 0.25) is 5.82 Å². The van der Waals surface area contributed by atoms with Crippen molar-refractivity contribution >= 4 is 44.8 Å². The lowest BCUT2D eigenvalue weighted by atomic mass is 10.2. The van der Waals surface area contributed by atoms with Crippen LogP contribution in [0.15, 0.2) is 68.2 Å². The fourth-order valence-corrected chi connectivity index (χ4v) is 3.13. The zero-order valence-corrected chi connectivity index (χ0v) is 17.2. The molecule has 0 spiro atoms. The van der Waals surface area contributed by atoms with E-state index in [2.05, 4.69) is 31.4 Å². The van der Waals surface area contributed by atoms with E-state index in [9.17, 15) is 14.9 Å². The van der Waals surface area contributed by atoms with Gasteiger partial charge < -0.3 is 14.3 Å². The molecule has 11 heteroatoms. The summed E-state index contributed by atoms with van der Waals surface area (Å²) in [7, 11) is 0. The number of furan rings is 1. The number of anilines is 1. The van der Waals surface area contributed by atoms with Crippen LogP contribution in [0.4, 0.5) is 11.4 Å². The Balaban J connectivity index is 1.51. The van der Waals surface area contributed by atoms with Crippen molar-refractivity contribution in [3.63, 3.8) is 0 Å². The molecule has 1 amide bonds. The summed E-state index contributed by atoms with van der Waals surface area (Å²) >= 11 is 9.25. The number of aromatic nitrogens is 2. The lowest BCUT2D eigenvalue weighted by molar-refractivity contribution is -0.384. The van der Waals surface area contributed by atoms with Gasteiger partial charge in [0.1, 0.15) is 0 Å². The van der Waals surface area contributed by atoms with E-state index in [4.69, 9.17) is 20.5 Å². The lowest BCUT2D eigenvalue weighted by Crippen LogP contribution is -2.10. The summed E-state index contributed by atoms with van der Waals surface area (Å²) in [6.45, 7) is 0. The molecular formula is C19H10BrClN4O5. The Labute approximate surface area is 181 Å². The van der Waals surface area contributed by atoms with E-state index < -0.39 is 4.92 Å². The van der Waals surface area contributed by atoms with Crippen molar-refractivity contribution in [3.05, 3.63) is 80.2 Å². The maximum atomic E-state index is 12.1. The quantitative estimate of drug-likeness (QED) is 0.287.